The molecule has 0 bridgehead atoms. The molecule has 1 aliphatic rings. The van der Waals surface area contributed by atoms with Gasteiger partial charge in [-0.2, -0.15) is 0 Å². The minimum Gasteiger partial charge on any atom is -0.351 e. The van der Waals surface area contributed by atoms with Crippen molar-refractivity contribution in [1.29, 1.82) is 0 Å². The molecule has 1 fully saturated rings. The number of benzene rings is 1. The predicted molar refractivity (Wildman–Crippen MR) is 73.9 cm³/mol. The number of carbonyl (C=O) groups excluding carboxylic acids is 1. The first-order valence-corrected chi connectivity index (χ1v) is 6.64. The zero-order valence-corrected chi connectivity index (χ0v) is 11.0. The summed E-state index contributed by atoms with van der Waals surface area (Å²) in [6, 6.07) is 9.93. The van der Waals surface area contributed by atoms with Crippen molar-refractivity contribution in [3.8, 4) is 0 Å². The number of aromatic nitrogens is 1. The zero-order chi connectivity index (χ0) is 14.0. The summed E-state index contributed by atoms with van der Waals surface area (Å²) in [6.07, 6.45) is 5.24. The van der Waals surface area contributed by atoms with Crippen molar-refractivity contribution >= 4 is 5.91 Å². The Morgan fingerprint density at radius 1 is 1.15 bits per heavy atom. The van der Waals surface area contributed by atoms with Crippen LogP contribution in [0.5, 0.6) is 0 Å². The van der Waals surface area contributed by atoms with Gasteiger partial charge in [0.2, 0.25) is 0 Å². The highest BCUT2D eigenvalue weighted by Gasteiger charge is 2.44. The van der Waals surface area contributed by atoms with Gasteiger partial charge in [0.15, 0.2) is 0 Å². The molecule has 2 aromatic rings. The van der Waals surface area contributed by atoms with Gasteiger partial charge in [-0.15, -0.1) is 0 Å². The smallest absolute Gasteiger partial charge is 0.251 e. The molecule has 102 valence electrons. The zero-order valence-electron chi connectivity index (χ0n) is 11.0. The van der Waals surface area contributed by atoms with Crippen molar-refractivity contribution in [2.75, 3.05) is 6.54 Å². The lowest BCUT2D eigenvalue weighted by atomic mass is 9.96. The van der Waals surface area contributed by atoms with Crippen molar-refractivity contribution in [2.45, 2.75) is 18.3 Å². The van der Waals surface area contributed by atoms with Gasteiger partial charge >= 0.3 is 0 Å². The average Bonchev–Trinajstić information content (AvgIpc) is 3.27. The van der Waals surface area contributed by atoms with E-state index in [4.69, 9.17) is 0 Å². The van der Waals surface area contributed by atoms with E-state index in [0.29, 0.717) is 12.1 Å². The van der Waals surface area contributed by atoms with Crippen LogP contribution < -0.4 is 5.32 Å². The summed E-state index contributed by atoms with van der Waals surface area (Å²) < 4.78 is 13.0. The molecular formula is C16H15FN2O. The maximum absolute atomic E-state index is 13.0. The topological polar surface area (TPSA) is 42.0 Å². The van der Waals surface area contributed by atoms with Crippen molar-refractivity contribution in [1.82, 2.24) is 10.3 Å². The number of nitrogens with zero attached hydrogens (tertiary/aromatic N) is 1. The molecule has 20 heavy (non-hydrogen) atoms. The fraction of sp³-hybridized carbons (Fsp3) is 0.250. The van der Waals surface area contributed by atoms with Gasteiger partial charge in [0.25, 0.3) is 5.91 Å². The van der Waals surface area contributed by atoms with E-state index >= 15 is 0 Å². The van der Waals surface area contributed by atoms with Crippen LogP contribution in [0.25, 0.3) is 0 Å². The number of carbonyl (C=O) groups is 1. The average molecular weight is 270 g/mol. The second-order valence-corrected chi connectivity index (χ2v) is 5.21. The van der Waals surface area contributed by atoms with Gasteiger partial charge < -0.3 is 5.32 Å². The highest BCUT2D eigenvalue weighted by Crippen LogP contribution is 2.47. The van der Waals surface area contributed by atoms with Crippen molar-refractivity contribution < 1.29 is 9.18 Å². The Bertz CT molecular complexity index is 606. The molecule has 1 aromatic heterocycles. The third-order valence-corrected chi connectivity index (χ3v) is 3.84. The van der Waals surface area contributed by atoms with E-state index < -0.39 is 0 Å². The van der Waals surface area contributed by atoms with E-state index in [0.717, 1.165) is 18.4 Å². The Morgan fingerprint density at radius 3 is 2.40 bits per heavy atom. The quantitative estimate of drug-likeness (QED) is 0.928. The highest BCUT2D eigenvalue weighted by atomic mass is 19.1. The van der Waals surface area contributed by atoms with Crippen LogP contribution in [0.1, 0.15) is 28.8 Å². The molecule has 1 saturated carbocycles. The molecule has 0 radical (unpaired) electrons. The summed E-state index contributed by atoms with van der Waals surface area (Å²) in [5.74, 6) is -0.328. The molecule has 0 aliphatic heterocycles. The first-order chi connectivity index (χ1) is 9.70. The van der Waals surface area contributed by atoms with Crippen LogP contribution in [0.15, 0.2) is 48.8 Å². The lowest BCUT2D eigenvalue weighted by molar-refractivity contribution is 0.0949. The number of amides is 1. The Labute approximate surface area is 116 Å². The summed E-state index contributed by atoms with van der Waals surface area (Å²) in [5.41, 5.74) is 1.68. The lowest BCUT2D eigenvalue weighted by Gasteiger charge is -2.16. The van der Waals surface area contributed by atoms with E-state index in [2.05, 4.69) is 10.3 Å². The molecule has 0 spiro atoms. The molecule has 1 N–H and O–H groups in total. The Balaban J connectivity index is 1.66. The first kappa shape index (κ1) is 12.8. The van der Waals surface area contributed by atoms with Gasteiger partial charge in [0.1, 0.15) is 5.82 Å². The van der Waals surface area contributed by atoms with Crippen molar-refractivity contribution in [3.63, 3.8) is 0 Å². The molecule has 3 rings (SSSR count). The molecule has 1 aromatic carbocycles. The molecule has 1 aliphatic carbocycles. The molecule has 3 nitrogen and oxygen atoms in total. The summed E-state index contributed by atoms with van der Waals surface area (Å²) >= 11 is 0. The van der Waals surface area contributed by atoms with Crippen LogP contribution in [0.4, 0.5) is 4.39 Å². The van der Waals surface area contributed by atoms with E-state index in [1.165, 1.54) is 12.1 Å². The monoisotopic (exact) mass is 270 g/mol. The number of rotatable bonds is 4. The van der Waals surface area contributed by atoms with Crippen LogP contribution in [-0.2, 0) is 5.41 Å². The van der Waals surface area contributed by atoms with Gasteiger partial charge in [0.05, 0.1) is 0 Å². The minimum absolute atomic E-state index is 0.0175. The van der Waals surface area contributed by atoms with Crippen molar-refractivity contribution in [2.24, 2.45) is 0 Å². The SMILES string of the molecule is O=C(NCC1(c2ccc(F)cc2)CC1)c1ccncc1. The molecule has 0 unspecified atom stereocenters. The van der Waals surface area contributed by atoms with Crippen LogP contribution in [0.2, 0.25) is 0 Å². The molecular weight excluding hydrogens is 255 g/mol. The summed E-state index contributed by atoms with van der Waals surface area (Å²) in [5, 5.41) is 2.95. The van der Waals surface area contributed by atoms with Gasteiger partial charge in [-0.25, -0.2) is 4.39 Å². The van der Waals surface area contributed by atoms with Gasteiger partial charge in [0, 0.05) is 29.9 Å². The second-order valence-electron chi connectivity index (χ2n) is 5.21. The Morgan fingerprint density at radius 2 is 1.80 bits per heavy atom. The molecule has 1 amide bonds. The molecule has 4 heteroatoms. The molecule has 1 heterocycles. The van der Waals surface area contributed by atoms with Crippen LogP contribution >= 0.6 is 0 Å². The largest absolute Gasteiger partial charge is 0.351 e. The number of nitrogens with one attached hydrogen (secondary N) is 1. The maximum Gasteiger partial charge on any atom is 0.251 e. The van der Waals surface area contributed by atoms with Crippen molar-refractivity contribution in [3.05, 3.63) is 65.7 Å². The number of pyridine rings is 1. The van der Waals surface area contributed by atoms with Gasteiger partial charge in [-0.05, 0) is 42.7 Å². The first-order valence-electron chi connectivity index (χ1n) is 6.64. The normalized spacial score (nSPS) is 15.7. The fourth-order valence-corrected chi connectivity index (χ4v) is 2.38. The molecule has 0 atom stereocenters. The Hall–Kier alpha value is -2.23. The van der Waals surface area contributed by atoms with Crippen LogP contribution in [-0.4, -0.2) is 17.4 Å². The second kappa shape index (κ2) is 5.04. The predicted octanol–water partition coefficient (Wildman–Crippen LogP) is 2.68. The minimum atomic E-state index is -0.231. The van der Waals surface area contributed by atoms with E-state index in [1.807, 2.05) is 0 Å². The Kier molecular flexibility index (Phi) is 3.22. The standard InChI is InChI=1S/C16H15FN2O/c17-14-3-1-13(2-4-14)16(7-8-16)11-19-15(20)12-5-9-18-10-6-12/h1-6,9-10H,7-8,11H2,(H,19,20). The van der Waals surface area contributed by atoms with E-state index in [1.54, 1.807) is 36.7 Å². The van der Waals surface area contributed by atoms with Crippen LogP contribution in [0, 0.1) is 5.82 Å². The third kappa shape index (κ3) is 2.54. The molecule has 0 saturated heterocycles. The summed E-state index contributed by atoms with van der Waals surface area (Å²) in [4.78, 5) is 15.9. The number of hydrogen-bond donors (Lipinski definition) is 1. The number of hydrogen-bond acceptors (Lipinski definition) is 2. The fourth-order valence-electron chi connectivity index (χ4n) is 2.38. The van der Waals surface area contributed by atoms with Gasteiger partial charge in [-0.1, -0.05) is 12.1 Å². The van der Waals surface area contributed by atoms with Gasteiger partial charge in [-0.3, -0.25) is 9.78 Å². The highest BCUT2D eigenvalue weighted by molar-refractivity contribution is 5.94. The van der Waals surface area contributed by atoms with E-state index in [-0.39, 0.29) is 17.1 Å². The van der Waals surface area contributed by atoms with E-state index in [9.17, 15) is 9.18 Å². The third-order valence-electron chi connectivity index (χ3n) is 3.84. The summed E-state index contributed by atoms with van der Waals surface area (Å²) in [7, 11) is 0. The number of halogens is 1. The van der Waals surface area contributed by atoms with Crippen LogP contribution in [0.3, 0.4) is 0 Å². The maximum atomic E-state index is 13.0. The lowest BCUT2D eigenvalue weighted by Crippen LogP contribution is -2.32. The summed E-state index contributed by atoms with van der Waals surface area (Å²) in [6.45, 7) is 0.583.